The minimum Gasteiger partial charge on any atom is -0.394 e. The van der Waals surface area contributed by atoms with Crippen LogP contribution < -0.4 is 5.32 Å². The molecule has 0 aromatic heterocycles. The number of carbonyl (C=O) groups is 1. The molecule has 2 atom stereocenters. The van der Waals surface area contributed by atoms with Crippen LogP contribution >= 0.6 is 0 Å². The lowest BCUT2D eigenvalue weighted by Gasteiger charge is -2.19. The fourth-order valence-electron chi connectivity index (χ4n) is 7.03. The molecule has 0 aromatic carbocycles. The zero-order chi connectivity index (χ0) is 40.7. The minimum absolute atomic E-state index is 0.155. The Labute approximate surface area is 349 Å². The van der Waals surface area contributed by atoms with E-state index in [9.17, 15) is 15.0 Å². The van der Waals surface area contributed by atoms with Gasteiger partial charge in [-0.1, -0.05) is 241 Å². The highest BCUT2D eigenvalue weighted by Gasteiger charge is 2.17. The first-order valence-corrected chi connectivity index (χ1v) is 24.2. The van der Waals surface area contributed by atoms with Gasteiger partial charge in [0.2, 0.25) is 5.91 Å². The number of hydrogen-bond acceptors (Lipinski definition) is 3. The van der Waals surface area contributed by atoms with E-state index in [0.717, 1.165) is 44.9 Å². The predicted octanol–water partition coefficient (Wildman–Crippen LogP) is 15.5. The fourth-order valence-corrected chi connectivity index (χ4v) is 7.03. The van der Waals surface area contributed by atoms with Gasteiger partial charge in [0.05, 0.1) is 18.8 Å². The Bertz CT molecular complexity index is 977. The predicted molar refractivity (Wildman–Crippen MR) is 248 cm³/mol. The summed E-state index contributed by atoms with van der Waals surface area (Å²) in [6, 6.07) is -0.680. The lowest BCUT2D eigenvalue weighted by molar-refractivity contribution is -0.122. The highest BCUT2D eigenvalue weighted by atomic mass is 16.3. The summed E-state index contributed by atoms with van der Waals surface area (Å²) >= 11 is 0. The Kier molecular flexibility index (Phi) is 45.4. The van der Waals surface area contributed by atoms with Gasteiger partial charge >= 0.3 is 0 Å². The van der Waals surface area contributed by atoms with E-state index in [1.807, 2.05) is 12.2 Å². The summed E-state index contributed by atoms with van der Waals surface area (Å²) < 4.78 is 0. The first kappa shape index (κ1) is 53.8. The number of allylic oxidation sites excluding steroid dienone is 11. The van der Waals surface area contributed by atoms with Gasteiger partial charge in [0, 0.05) is 6.42 Å². The number of nitrogens with one attached hydrogen (secondary N) is 1. The highest BCUT2D eigenvalue weighted by Crippen LogP contribution is 2.16. The Morgan fingerprint density at radius 3 is 1.23 bits per heavy atom. The second-order valence-electron chi connectivity index (χ2n) is 16.1. The van der Waals surface area contributed by atoms with E-state index in [4.69, 9.17) is 0 Å². The summed E-state index contributed by atoms with van der Waals surface area (Å²) in [6.45, 7) is 4.15. The number of hydrogen-bond donors (Lipinski definition) is 3. The van der Waals surface area contributed by atoms with E-state index in [2.05, 4.69) is 73.8 Å². The molecule has 4 heteroatoms. The Balaban J connectivity index is 3.56. The van der Waals surface area contributed by atoms with Crippen LogP contribution in [0.2, 0.25) is 0 Å². The van der Waals surface area contributed by atoms with Crippen LogP contribution in [0, 0.1) is 0 Å². The molecule has 3 N–H and O–H groups in total. The fraction of sp³-hybridized carbons (Fsp3) is 0.750. The van der Waals surface area contributed by atoms with Gasteiger partial charge < -0.3 is 15.5 Å². The topological polar surface area (TPSA) is 69.6 Å². The van der Waals surface area contributed by atoms with Crippen molar-refractivity contribution in [2.75, 3.05) is 6.61 Å². The quantitative estimate of drug-likeness (QED) is 0.0426. The molecule has 56 heavy (non-hydrogen) atoms. The zero-order valence-corrected chi connectivity index (χ0v) is 37.1. The summed E-state index contributed by atoms with van der Waals surface area (Å²) in [7, 11) is 0. The minimum atomic E-state index is -0.894. The van der Waals surface area contributed by atoms with Gasteiger partial charge in [-0.05, 0) is 57.8 Å². The average Bonchev–Trinajstić information content (AvgIpc) is 3.20. The molecule has 0 radical (unpaired) electrons. The standard InChI is InChI=1S/C52H93NO3/c1-3-5-7-9-11-13-15-17-18-19-20-21-22-23-24-25-26-27-28-29-30-31-32-33-34-36-37-39-41-43-45-47-51(55)50(49-54)53-52(56)48-46-44-42-40-38-35-16-14-12-10-8-6-4-2/h6,8,12,14,35,37-39,42,44-45,47,50-51,54-55H,3-5,7,9-11,13,15-34,36,40-41,43,46,48-49H2,1-2H3,(H,53,56)/b8-6-,14-12-,38-35-,39-37+,44-42-,47-45+. The van der Waals surface area contributed by atoms with Crippen molar-refractivity contribution in [1.82, 2.24) is 5.32 Å². The second kappa shape index (κ2) is 47.2. The van der Waals surface area contributed by atoms with Crippen molar-refractivity contribution in [2.24, 2.45) is 0 Å². The van der Waals surface area contributed by atoms with Crippen molar-refractivity contribution >= 4 is 5.91 Å². The van der Waals surface area contributed by atoms with Gasteiger partial charge in [0.1, 0.15) is 0 Å². The van der Waals surface area contributed by atoms with E-state index in [1.165, 1.54) is 161 Å². The molecule has 2 unspecified atom stereocenters. The van der Waals surface area contributed by atoms with Crippen LogP contribution in [0.3, 0.4) is 0 Å². The van der Waals surface area contributed by atoms with Crippen molar-refractivity contribution in [3.05, 3.63) is 72.9 Å². The molecule has 0 rings (SSSR count). The maximum Gasteiger partial charge on any atom is 0.220 e. The molecular weight excluding hydrogens is 687 g/mol. The van der Waals surface area contributed by atoms with Crippen LogP contribution in [0.15, 0.2) is 72.9 Å². The van der Waals surface area contributed by atoms with Crippen LogP contribution in [0.25, 0.3) is 0 Å². The van der Waals surface area contributed by atoms with Gasteiger partial charge in [-0.3, -0.25) is 4.79 Å². The number of carbonyl (C=O) groups excluding carboxylic acids is 1. The van der Waals surface area contributed by atoms with Crippen molar-refractivity contribution in [3.63, 3.8) is 0 Å². The molecule has 324 valence electrons. The third kappa shape index (κ3) is 43.0. The highest BCUT2D eigenvalue weighted by molar-refractivity contribution is 5.76. The third-order valence-electron chi connectivity index (χ3n) is 10.7. The summed E-state index contributed by atoms with van der Waals surface area (Å²) in [5, 5.41) is 22.9. The number of aliphatic hydroxyl groups is 2. The molecule has 0 saturated heterocycles. The molecule has 4 nitrogen and oxygen atoms in total. The Hall–Kier alpha value is -2.17. The van der Waals surface area contributed by atoms with Gasteiger partial charge in [-0.2, -0.15) is 0 Å². The molecule has 0 spiro atoms. The first-order valence-electron chi connectivity index (χ1n) is 24.2. The summed E-state index contributed by atoms with van der Waals surface area (Å²) in [5.41, 5.74) is 0. The van der Waals surface area contributed by atoms with Crippen LogP contribution in [-0.4, -0.2) is 34.9 Å². The summed E-state index contributed by atoms with van der Waals surface area (Å²) in [6.07, 6.45) is 67.8. The van der Waals surface area contributed by atoms with Crippen molar-refractivity contribution < 1.29 is 15.0 Å². The molecule has 0 saturated carbocycles. The number of amides is 1. The number of rotatable bonds is 43. The van der Waals surface area contributed by atoms with Crippen LogP contribution in [0.4, 0.5) is 0 Å². The van der Waals surface area contributed by atoms with E-state index in [1.54, 1.807) is 6.08 Å². The lowest BCUT2D eigenvalue weighted by Crippen LogP contribution is -2.45. The van der Waals surface area contributed by atoms with Gasteiger partial charge in [-0.15, -0.1) is 0 Å². The first-order chi connectivity index (χ1) is 27.7. The second-order valence-corrected chi connectivity index (χ2v) is 16.1. The lowest BCUT2D eigenvalue weighted by atomic mass is 10.0. The Morgan fingerprint density at radius 1 is 0.446 bits per heavy atom. The van der Waals surface area contributed by atoms with E-state index < -0.39 is 12.1 Å². The maximum absolute atomic E-state index is 12.3. The number of unbranched alkanes of at least 4 members (excludes halogenated alkanes) is 26. The largest absolute Gasteiger partial charge is 0.394 e. The van der Waals surface area contributed by atoms with Crippen molar-refractivity contribution in [2.45, 2.75) is 244 Å². The van der Waals surface area contributed by atoms with E-state index in [-0.39, 0.29) is 12.5 Å². The van der Waals surface area contributed by atoms with Crippen molar-refractivity contribution in [3.8, 4) is 0 Å². The molecule has 0 heterocycles. The van der Waals surface area contributed by atoms with E-state index in [0.29, 0.717) is 12.8 Å². The average molecular weight is 780 g/mol. The monoisotopic (exact) mass is 780 g/mol. The molecule has 0 aliphatic heterocycles. The number of aliphatic hydroxyl groups excluding tert-OH is 2. The molecule has 0 aliphatic rings. The van der Waals surface area contributed by atoms with Gasteiger partial charge in [-0.25, -0.2) is 0 Å². The van der Waals surface area contributed by atoms with E-state index >= 15 is 0 Å². The molecule has 1 amide bonds. The molecule has 0 fully saturated rings. The molecule has 0 aromatic rings. The van der Waals surface area contributed by atoms with Crippen LogP contribution in [0.5, 0.6) is 0 Å². The normalized spacial score (nSPS) is 13.6. The van der Waals surface area contributed by atoms with Crippen LogP contribution in [0.1, 0.15) is 232 Å². The smallest absolute Gasteiger partial charge is 0.220 e. The molecule has 0 bridgehead atoms. The summed E-state index contributed by atoms with van der Waals surface area (Å²) in [5.74, 6) is -0.155. The van der Waals surface area contributed by atoms with Gasteiger partial charge in [0.25, 0.3) is 0 Å². The molecule has 0 aliphatic carbocycles. The van der Waals surface area contributed by atoms with Crippen LogP contribution in [-0.2, 0) is 4.79 Å². The summed E-state index contributed by atoms with van der Waals surface area (Å²) in [4.78, 5) is 12.3. The molecular formula is C52H93NO3. The van der Waals surface area contributed by atoms with Gasteiger partial charge in [0.15, 0.2) is 0 Å². The SMILES string of the molecule is CC/C=C\C/C=C\C/C=C\C/C=C\CCC(=O)NC(CO)C(O)/C=C/CC/C=C/CCCCCCCCCCCCCCCCCCCCCCCCCCC. The third-order valence-corrected chi connectivity index (χ3v) is 10.7. The van der Waals surface area contributed by atoms with Crippen molar-refractivity contribution in [1.29, 1.82) is 0 Å². The maximum atomic E-state index is 12.3. The zero-order valence-electron chi connectivity index (χ0n) is 37.1. The Morgan fingerprint density at radius 2 is 0.804 bits per heavy atom.